The Morgan fingerprint density at radius 1 is 1.65 bits per heavy atom. The number of nitrogens with one attached hydrogen (secondary N) is 1. The molecule has 4 nitrogen and oxygen atoms in total. The Bertz CT molecular complexity index is 431. The molecule has 0 saturated heterocycles. The number of carbonyl (C=O) groups excluding carboxylic acids is 1. The molecule has 0 radical (unpaired) electrons. The number of halogens is 4. The molecule has 0 saturated carbocycles. The summed E-state index contributed by atoms with van der Waals surface area (Å²) in [6.07, 6.45) is 1.38. The first kappa shape index (κ1) is 14.3. The lowest BCUT2D eigenvalue weighted by atomic mass is 10.2. The third-order valence-corrected chi connectivity index (χ3v) is 2.52. The summed E-state index contributed by atoms with van der Waals surface area (Å²) in [5, 5.41) is 10.2. The van der Waals surface area contributed by atoms with E-state index in [1.54, 1.807) is 0 Å². The zero-order valence-corrected chi connectivity index (χ0v) is 10.7. The van der Waals surface area contributed by atoms with Crippen molar-refractivity contribution in [1.29, 1.82) is 0 Å². The van der Waals surface area contributed by atoms with E-state index < -0.39 is 25.0 Å². The van der Waals surface area contributed by atoms with Crippen LogP contribution in [0.3, 0.4) is 0 Å². The molecule has 0 spiro atoms. The smallest absolute Gasteiger partial charge is 0.287 e. The van der Waals surface area contributed by atoms with Gasteiger partial charge in [0.05, 0.1) is 12.1 Å². The summed E-state index contributed by atoms with van der Waals surface area (Å²) in [5.74, 6) is -4.14. The van der Waals surface area contributed by atoms with Gasteiger partial charge in [-0.05, 0) is 22.0 Å². The average Bonchev–Trinajstić information content (AvgIpc) is 2.29. The summed E-state index contributed by atoms with van der Waals surface area (Å²) in [4.78, 5) is 15.2. The van der Waals surface area contributed by atoms with Crippen LogP contribution in [0.5, 0.6) is 0 Å². The quantitative estimate of drug-likeness (QED) is 0.829. The molecule has 1 rings (SSSR count). The topological polar surface area (TPSA) is 62.2 Å². The average molecular weight is 330 g/mol. The number of nitrogens with zero attached hydrogens (tertiary/aromatic N) is 1. The molecule has 0 atom stereocenters. The molecule has 0 aliphatic heterocycles. The minimum Gasteiger partial charge on any atom is -0.390 e. The van der Waals surface area contributed by atoms with Gasteiger partial charge < -0.3 is 10.4 Å². The number of hydrogen-bond acceptors (Lipinski definition) is 3. The highest BCUT2D eigenvalue weighted by Gasteiger charge is 2.28. The molecule has 8 heteroatoms. The first-order chi connectivity index (χ1) is 7.85. The molecular weight excluding hydrogens is 321 g/mol. The zero-order valence-electron chi connectivity index (χ0n) is 8.38. The van der Waals surface area contributed by atoms with Crippen LogP contribution in [0.15, 0.2) is 16.7 Å². The van der Waals surface area contributed by atoms with Crippen molar-refractivity contribution < 1.29 is 18.7 Å². The Morgan fingerprint density at radius 2 is 2.29 bits per heavy atom. The Balaban J connectivity index is 2.74. The summed E-state index contributed by atoms with van der Waals surface area (Å²) in [6.45, 7) is -2.30. The number of alkyl halides is 2. The minimum atomic E-state index is -3.36. The first-order valence-electron chi connectivity index (χ1n) is 4.43. The molecule has 1 aromatic rings. The van der Waals surface area contributed by atoms with Crippen LogP contribution in [-0.2, 0) is 0 Å². The SMILES string of the molecule is O=C(NCC(F)(F)CO)c1cc(Br)cnc1Cl. The molecule has 0 fully saturated rings. The van der Waals surface area contributed by atoms with Crippen molar-refractivity contribution in [2.75, 3.05) is 13.2 Å². The van der Waals surface area contributed by atoms with Gasteiger partial charge in [-0.15, -0.1) is 0 Å². The Hall–Kier alpha value is -0.790. The zero-order chi connectivity index (χ0) is 13.1. The molecule has 1 amide bonds. The van der Waals surface area contributed by atoms with Crippen molar-refractivity contribution in [3.63, 3.8) is 0 Å². The molecule has 0 aromatic carbocycles. The standard InChI is InChI=1S/C9H8BrClF2N2O2/c10-5-1-6(7(11)14-2-5)8(17)15-3-9(12,13)4-16/h1-2,16H,3-4H2,(H,15,17). The highest BCUT2D eigenvalue weighted by atomic mass is 79.9. The van der Waals surface area contributed by atoms with Crippen LogP contribution in [0.1, 0.15) is 10.4 Å². The van der Waals surface area contributed by atoms with Crippen molar-refractivity contribution in [1.82, 2.24) is 10.3 Å². The first-order valence-corrected chi connectivity index (χ1v) is 5.61. The van der Waals surface area contributed by atoms with E-state index in [1.807, 2.05) is 5.32 Å². The summed E-state index contributed by atoms with van der Waals surface area (Å²) >= 11 is 8.72. The Morgan fingerprint density at radius 3 is 2.88 bits per heavy atom. The molecule has 2 N–H and O–H groups in total. The molecule has 0 aliphatic carbocycles. The van der Waals surface area contributed by atoms with Gasteiger partial charge in [0.1, 0.15) is 11.8 Å². The Labute approximate surface area is 109 Å². The molecule has 1 aromatic heterocycles. The van der Waals surface area contributed by atoms with Crippen molar-refractivity contribution in [2.45, 2.75) is 5.92 Å². The summed E-state index contributed by atoms with van der Waals surface area (Å²) in [5.41, 5.74) is -0.0187. The van der Waals surface area contributed by atoms with Crippen molar-refractivity contribution in [3.8, 4) is 0 Å². The third kappa shape index (κ3) is 4.18. The maximum atomic E-state index is 12.7. The minimum absolute atomic E-state index is 0.0187. The fraction of sp³-hybridized carbons (Fsp3) is 0.333. The van der Waals surface area contributed by atoms with Crippen molar-refractivity contribution >= 4 is 33.4 Å². The third-order valence-electron chi connectivity index (χ3n) is 1.79. The second-order valence-electron chi connectivity index (χ2n) is 3.19. The molecule has 1 heterocycles. The number of aliphatic hydroxyl groups is 1. The number of pyridine rings is 1. The highest BCUT2D eigenvalue weighted by molar-refractivity contribution is 9.10. The lowest BCUT2D eigenvalue weighted by molar-refractivity contribution is -0.0462. The molecule has 17 heavy (non-hydrogen) atoms. The number of aliphatic hydroxyl groups excluding tert-OH is 1. The van der Waals surface area contributed by atoms with Gasteiger partial charge in [0.2, 0.25) is 0 Å². The van der Waals surface area contributed by atoms with Crippen LogP contribution < -0.4 is 5.32 Å². The highest BCUT2D eigenvalue weighted by Crippen LogP contribution is 2.18. The van der Waals surface area contributed by atoms with Crippen molar-refractivity contribution in [2.24, 2.45) is 0 Å². The van der Waals surface area contributed by atoms with Gasteiger partial charge >= 0.3 is 0 Å². The second-order valence-corrected chi connectivity index (χ2v) is 4.46. The predicted molar refractivity (Wildman–Crippen MR) is 61.3 cm³/mol. The van der Waals surface area contributed by atoms with Gasteiger partial charge in [-0.25, -0.2) is 13.8 Å². The van der Waals surface area contributed by atoms with E-state index in [4.69, 9.17) is 16.7 Å². The summed E-state index contributed by atoms with van der Waals surface area (Å²) < 4.78 is 25.9. The lowest BCUT2D eigenvalue weighted by Gasteiger charge is -2.14. The van der Waals surface area contributed by atoms with Crippen LogP contribution in [0.2, 0.25) is 5.15 Å². The lowest BCUT2D eigenvalue weighted by Crippen LogP contribution is -2.39. The van der Waals surface area contributed by atoms with Crippen LogP contribution in [0.4, 0.5) is 8.78 Å². The number of amides is 1. The maximum Gasteiger partial charge on any atom is 0.287 e. The second kappa shape index (κ2) is 5.70. The number of hydrogen-bond donors (Lipinski definition) is 2. The van der Waals surface area contributed by atoms with E-state index in [2.05, 4.69) is 20.9 Å². The molecule has 94 valence electrons. The van der Waals surface area contributed by atoms with Gasteiger partial charge in [-0.3, -0.25) is 4.79 Å². The van der Waals surface area contributed by atoms with Gasteiger partial charge in [0, 0.05) is 10.7 Å². The predicted octanol–water partition coefficient (Wildman–Crippen LogP) is 1.85. The van der Waals surface area contributed by atoms with E-state index in [-0.39, 0.29) is 10.7 Å². The van der Waals surface area contributed by atoms with Crippen LogP contribution in [0.25, 0.3) is 0 Å². The molecule has 0 unspecified atom stereocenters. The molecular formula is C9H8BrClF2N2O2. The van der Waals surface area contributed by atoms with Gasteiger partial charge in [-0.2, -0.15) is 0 Å². The van der Waals surface area contributed by atoms with Crippen molar-refractivity contribution in [3.05, 3.63) is 27.5 Å². The fourth-order valence-electron chi connectivity index (χ4n) is 0.943. The number of rotatable bonds is 4. The fourth-order valence-corrected chi connectivity index (χ4v) is 1.46. The summed E-state index contributed by atoms with van der Waals surface area (Å²) in [6, 6.07) is 1.36. The van der Waals surface area contributed by atoms with E-state index >= 15 is 0 Å². The van der Waals surface area contributed by atoms with Crippen LogP contribution in [0, 0.1) is 0 Å². The van der Waals surface area contributed by atoms with E-state index in [9.17, 15) is 13.6 Å². The Kier molecular flexibility index (Phi) is 4.79. The van der Waals surface area contributed by atoms with Gasteiger partial charge in [0.15, 0.2) is 0 Å². The van der Waals surface area contributed by atoms with Gasteiger partial charge in [-0.1, -0.05) is 11.6 Å². The largest absolute Gasteiger partial charge is 0.390 e. The summed E-state index contributed by atoms with van der Waals surface area (Å²) in [7, 11) is 0. The van der Waals surface area contributed by atoms with Crippen LogP contribution in [-0.4, -0.2) is 35.1 Å². The molecule has 0 aliphatic rings. The van der Waals surface area contributed by atoms with E-state index in [0.717, 1.165) is 0 Å². The monoisotopic (exact) mass is 328 g/mol. The van der Waals surface area contributed by atoms with E-state index in [1.165, 1.54) is 12.3 Å². The van der Waals surface area contributed by atoms with E-state index in [0.29, 0.717) is 4.47 Å². The number of aromatic nitrogens is 1. The van der Waals surface area contributed by atoms with Crippen LogP contribution >= 0.6 is 27.5 Å². The van der Waals surface area contributed by atoms with Gasteiger partial charge in [0.25, 0.3) is 11.8 Å². The normalized spacial score (nSPS) is 11.4. The maximum absolute atomic E-state index is 12.7. The number of carbonyl (C=O) groups is 1. The molecule has 0 bridgehead atoms.